The van der Waals surface area contributed by atoms with Gasteiger partial charge >= 0.3 is 0 Å². The van der Waals surface area contributed by atoms with Crippen LogP contribution in [-0.2, 0) is 4.79 Å². The largest absolute Gasteiger partial charge is 0.349 e. The molecular weight excluding hydrogens is 236 g/mol. The van der Waals surface area contributed by atoms with Crippen LogP contribution in [0.25, 0.3) is 0 Å². The van der Waals surface area contributed by atoms with Crippen molar-refractivity contribution in [2.24, 2.45) is 23.5 Å². The molecule has 0 aromatic rings. The number of amides is 1. The Morgan fingerprint density at radius 1 is 1.18 bits per heavy atom. The van der Waals surface area contributed by atoms with Crippen molar-refractivity contribution < 1.29 is 4.79 Å². The van der Waals surface area contributed by atoms with Gasteiger partial charge in [0.2, 0.25) is 5.91 Å². The second kappa shape index (κ2) is 4.43. The summed E-state index contributed by atoms with van der Waals surface area (Å²) in [6.07, 6.45) is 7.85. The minimum absolute atomic E-state index is 0. The van der Waals surface area contributed by atoms with Crippen LogP contribution < -0.4 is 11.1 Å². The number of nitrogens with two attached hydrogens (primary N) is 1. The molecule has 4 aliphatic rings. The SMILES string of the molecule is C[C@@H](N)C(=O)NC12CC3CC(CC(C3)C1)C2.Cl. The minimum atomic E-state index is -0.368. The number of hydrogen-bond donors (Lipinski definition) is 2. The Balaban J connectivity index is 0.00000108. The Kier molecular flexibility index (Phi) is 3.43. The predicted octanol–water partition coefficient (Wildman–Crippen LogP) is 1.84. The zero-order valence-corrected chi connectivity index (χ0v) is 11.3. The lowest BCUT2D eigenvalue weighted by Crippen LogP contribution is -2.61. The molecule has 4 saturated carbocycles. The average Bonchev–Trinajstić information content (AvgIpc) is 2.13. The van der Waals surface area contributed by atoms with E-state index in [1.165, 1.54) is 38.5 Å². The Morgan fingerprint density at radius 2 is 1.59 bits per heavy atom. The molecule has 4 rings (SSSR count). The molecule has 4 fully saturated rings. The first-order valence-electron chi connectivity index (χ1n) is 6.64. The molecule has 0 heterocycles. The number of hydrogen-bond acceptors (Lipinski definition) is 2. The van der Waals surface area contributed by atoms with Crippen molar-refractivity contribution in [3.63, 3.8) is 0 Å². The maximum Gasteiger partial charge on any atom is 0.237 e. The van der Waals surface area contributed by atoms with E-state index in [1.54, 1.807) is 6.92 Å². The highest BCUT2D eigenvalue weighted by atomic mass is 35.5. The molecule has 4 aliphatic carbocycles. The van der Waals surface area contributed by atoms with Crippen LogP contribution in [0, 0.1) is 17.8 Å². The highest BCUT2D eigenvalue weighted by Crippen LogP contribution is 2.55. The molecule has 0 unspecified atom stereocenters. The van der Waals surface area contributed by atoms with Crippen LogP contribution in [0.4, 0.5) is 0 Å². The molecule has 1 atom stereocenters. The number of halogens is 1. The van der Waals surface area contributed by atoms with Crippen LogP contribution in [0.5, 0.6) is 0 Å². The Bertz CT molecular complexity index is 281. The van der Waals surface area contributed by atoms with Crippen LogP contribution in [0.1, 0.15) is 45.4 Å². The third-order valence-electron chi connectivity index (χ3n) is 4.84. The van der Waals surface area contributed by atoms with Crippen LogP contribution in [0.15, 0.2) is 0 Å². The molecule has 3 nitrogen and oxygen atoms in total. The smallest absolute Gasteiger partial charge is 0.237 e. The fourth-order valence-electron chi connectivity index (χ4n) is 4.64. The average molecular weight is 259 g/mol. The van der Waals surface area contributed by atoms with Crippen molar-refractivity contribution >= 4 is 18.3 Å². The monoisotopic (exact) mass is 258 g/mol. The summed E-state index contributed by atoms with van der Waals surface area (Å²) in [5, 5.41) is 3.26. The summed E-state index contributed by atoms with van der Waals surface area (Å²) in [4.78, 5) is 11.8. The Hall–Kier alpha value is -0.280. The summed E-state index contributed by atoms with van der Waals surface area (Å²) >= 11 is 0. The summed E-state index contributed by atoms with van der Waals surface area (Å²) in [6, 6.07) is -0.368. The number of carbonyl (C=O) groups excluding carboxylic acids is 1. The van der Waals surface area contributed by atoms with Gasteiger partial charge in [-0.3, -0.25) is 4.79 Å². The van der Waals surface area contributed by atoms with Gasteiger partial charge in [0.25, 0.3) is 0 Å². The van der Waals surface area contributed by atoms with E-state index in [2.05, 4.69) is 5.32 Å². The molecule has 0 saturated heterocycles. The fourth-order valence-corrected chi connectivity index (χ4v) is 4.64. The van der Waals surface area contributed by atoms with Crippen molar-refractivity contribution in [1.82, 2.24) is 5.32 Å². The van der Waals surface area contributed by atoms with E-state index in [1.807, 2.05) is 0 Å². The minimum Gasteiger partial charge on any atom is -0.349 e. The van der Waals surface area contributed by atoms with Gasteiger partial charge in [-0.2, -0.15) is 0 Å². The maximum absolute atomic E-state index is 11.8. The van der Waals surface area contributed by atoms with Gasteiger partial charge in [-0.25, -0.2) is 0 Å². The molecule has 4 heteroatoms. The molecule has 98 valence electrons. The van der Waals surface area contributed by atoms with Crippen molar-refractivity contribution in [3.8, 4) is 0 Å². The number of nitrogens with one attached hydrogen (secondary N) is 1. The van der Waals surface area contributed by atoms with E-state index in [-0.39, 0.29) is 29.9 Å². The highest BCUT2D eigenvalue weighted by Gasteiger charge is 2.51. The van der Waals surface area contributed by atoms with Gasteiger partial charge < -0.3 is 11.1 Å². The lowest BCUT2D eigenvalue weighted by Gasteiger charge is -2.57. The van der Waals surface area contributed by atoms with Gasteiger partial charge in [-0.15, -0.1) is 12.4 Å². The number of carbonyl (C=O) groups is 1. The van der Waals surface area contributed by atoms with Gasteiger partial charge in [-0.05, 0) is 63.2 Å². The van der Waals surface area contributed by atoms with Crippen molar-refractivity contribution in [1.29, 1.82) is 0 Å². The maximum atomic E-state index is 11.8. The lowest BCUT2D eigenvalue weighted by molar-refractivity contribution is -0.127. The van der Waals surface area contributed by atoms with E-state index in [4.69, 9.17) is 5.73 Å². The summed E-state index contributed by atoms with van der Waals surface area (Å²) in [7, 11) is 0. The van der Waals surface area contributed by atoms with Crippen LogP contribution in [0.2, 0.25) is 0 Å². The summed E-state index contributed by atoms with van der Waals surface area (Å²) in [5.74, 6) is 2.67. The Labute approximate surface area is 109 Å². The molecule has 0 aromatic carbocycles. The summed E-state index contributed by atoms with van der Waals surface area (Å²) in [6.45, 7) is 1.77. The standard InChI is InChI=1S/C13H22N2O.ClH/c1-8(14)12(16)15-13-5-9-2-10(6-13)4-11(3-9)7-13;/h8-11H,2-7,14H2,1H3,(H,15,16);1H/t8-,9?,10?,11?,13?;/m1./s1. The molecule has 1 amide bonds. The third kappa shape index (κ3) is 2.32. The van der Waals surface area contributed by atoms with Crippen molar-refractivity contribution in [2.75, 3.05) is 0 Å². The first-order chi connectivity index (χ1) is 7.56. The van der Waals surface area contributed by atoms with Crippen LogP contribution >= 0.6 is 12.4 Å². The molecule has 4 bridgehead atoms. The van der Waals surface area contributed by atoms with E-state index < -0.39 is 0 Å². The summed E-state index contributed by atoms with van der Waals surface area (Å²) < 4.78 is 0. The van der Waals surface area contributed by atoms with Gasteiger partial charge in [0.1, 0.15) is 0 Å². The van der Waals surface area contributed by atoms with E-state index >= 15 is 0 Å². The molecule has 0 spiro atoms. The summed E-state index contributed by atoms with van der Waals surface area (Å²) in [5.41, 5.74) is 5.78. The van der Waals surface area contributed by atoms with Crippen molar-refractivity contribution in [2.45, 2.75) is 57.0 Å². The molecule has 3 N–H and O–H groups in total. The molecule has 0 radical (unpaired) electrons. The molecule has 17 heavy (non-hydrogen) atoms. The van der Waals surface area contributed by atoms with E-state index in [0.717, 1.165) is 17.8 Å². The Morgan fingerprint density at radius 3 is 1.94 bits per heavy atom. The fraction of sp³-hybridized carbons (Fsp3) is 0.923. The van der Waals surface area contributed by atoms with Gasteiger partial charge in [0.05, 0.1) is 6.04 Å². The zero-order chi connectivity index (χ0) is 11.3. The van der Waals surface area contributed by atoms with Gasteiger partial charge in [0.15, 0.2) is 0 Å². The second-order valence-electron chi connectivity index (χ2n) is 6.48. The highest BCUT2D eigenvalue weighted by molar-refractivity contribution is 5.85. The topological polar surface area (TPSA) is 55.1 Å². The molecular formula is C13H23ClN2O. The first kappa shape index (κ1) is 13.2. The van der Waals surface area contributed by atoms with Crippen LogP contribution in [-0.4, -0.2) is 17.5 Å². The predicted molar refractivity (Wildman–Crippen MR) is 69.9 cm³/mol. The molecule has 0 aromatic heterocycles. The second-order valence-corrected chi connectivity index (χ2v) is 6.48. The van der Waals surface area contributed by atoms with E-state index in [9.17, 15) is 4.79 Å². The number of rotatable bonds is 2. The molecule has 0 aliphatic heterocycles. The van der Waals surface area contributed by atoms with Crippen molar-refractivity contribution in [3.05, 3.63) is 0 Å². The van der Waals surface area contributed by atoms with E-state index in [0.29, 0.717) is 0 Å². The third-order valence-corrected chi connectivity index (χ3v) is 4.84. The van der Waals surface area contributed by atoms with Gasteiger partial charge in [-0.1, -0.05) is 0 Å². The van der Waals surface area contributed by atoms with Crippen LogP contribution in [0.3, 0.4) is 0 Å². The quantitative estimate of drug-likeness (QED) is 0.794. The first-order valence-corrected chi connectivity index (χ1v) is 6.64. The zero-order valence-electron chi connectivity index (χ0n) is 10.4. The lowest BCUT2D eigenvalue weighted by atomic mass is 9.53. The normalized spacial score (nSPS) is 44.0. The van der Waals surface area contributed by atoms with Gasteiger partial charge in [0, 0.05) is 5.54 Å².